The normalized spacial score (nSPS) is 16.8. The molecule has 2 rings (SSSR count). The molecule has 0 aromatic carbocycles. The zero-order valence-electron chi connectivity index (χ0n) is 13.1. The summed E-state index contributed by atoms with van der Waals surface area (Å²) in [5.74, 6) is 1.87. The Bertz CT molecular complexity index is 396. The molecule has 0 saturated carbocycles. The van der Waals surface area contributed by atoms with Gasteiger partial charge in [0, 0.05) is 19.6 Å². The Kier molecular flexibility index (Phi) is 6.76. The maximum Gasteiger partial charge on any atom is 0.137 e. The summed E-state index contributed by atoms with van der Waals surface area (Å²) in [5, 5.41) is 0. The van der Waals surface area contributed by atoms with Crippen LogP contribution in [0.25, 0.3) is 0 Å². The Hall–Kier alpha value is -1.33. The van der Waals surface area contributed by atoms with Crippen LogP contribution in [0.5, 0.6) is 5.75 Å². The minimum absolute atomic E-state index is 0.815. The summed E-state index contributed by atoms with van der Waals surface area (Å²) in [5.41, 5.74) is 5.54. The molecule has 1 aromatic heterocycles. The topological polar surface area (TPSA) is 54.6 Å². The van der Waals surface area contributed by atoms with Crippen LogP contribution in [0.3, 0.4) is 0 Å². The van der Waals surface area contributed by atoms with Crippen LogP contribution in [-0.2, 0) is 0 Å². The quantitative estimate of drug-likeness (QED) is 0.776. The Labute approximate surface area is 128 Å². The van der Waals surface area contributed by atoms with E-state index in [4.69, 9.17) is 10.5 Å². The predicted molar refractivity (Wildman–Crippen MR) is 87.0 cm³/mol. The SMILES string of the molecule is COc1ccc(N2CCCN(CCCCCN)CC2)nc1. The predicted octanol–water partition coefficient (Wildman–Crippen LogP) is 1.73. The number of rotatable bonds is 7. The van der Waals surface area contributed by atoms with Gasteiger partial charge in [-0.15, -0.1) is 0 Å². The zero-order valence-corrected chi connectivity index (χ0v) is 13.1. The highest BCUT2D eigenvalue weighted by Crippen LogP contribution is 2.17. The Morgan fingerprint density at radius 1 is 1.14 bits per heavy atom. The molecule has 1 saturated heterocycles. The van der Waals surface area contributed by atoms with Gasteiger partial charge in [0.2, 0.25) is 0 Å². The van der Waals surface area contributed by atoms with Crippen molar-refractivity contribution in [2.75, 3.05) is 51.3 Å². The first-order valence-corrected chi connectivity index (χ1v) is 8.01. The van der Waals surface area contributed by atoms with E-state index in [1.54, 1.807) is 13.3 Å². The van der Waals surface area contributed by atoms with E-state index in [9.17, 15) is 0 Å². The van der Waals surface area contributed by atoms with Crippen LogP contribution in [0.2, 0.25) is 0 Å². The third kappa shape index (κ3) is 5.17. The highest BCUT2D eigenvalue weighted by molar-refractivity contribution is 5.40. The van der Waals surface area contributed by atoms with Crippen molar-refractivity contribution in [3.63, 3.8) is 0 Å². The molecule has 5 heteroatoms. The van der Waals surface area contributed by atoms with E-state index in [-0.39, 0.29) is 0 Å². The van der Waals surface area contributed by atoms with Gasteiger partial charge in [-0.3, -0.25) is 0 Å². The van der Waals surface area contributed by atoms with E-state index in [2.05, 4.69) is 20.9 Å². The lowest BCUT2D eigenvalue weighted by Crippen LogP contribution is -2.31. The summed E-state index contributed by atoms with van der Waals surface area (Å²) in [7, 11) is 1.67. The van der Waals surface area contributed by atoms with Crippen molar-refractivity contribution in [3.05, 3.63) is 18.3 Å². The lowest BCUT2D eigenvalue weighted by Gasteiger charge is -2.22. The molecular formula is C16H28N4O. The van der Waals surface area contributed by atoms with Gasteiger partial charge in [0.15, 0.2) is 0 Å². The largest absolute Gasteiger partial charge is 0.495 e. The number of methoxy groups -OCH3 is 1. The molecule has 0 amide bonds. The maximum atomic E-state index is 5.54. The number of hydrogen-bond donors (Lipinski definition) is 1. The molecule has 1 fully saturated rings. The van der Waals surface area contributed by atoms with Crippen LogP contribution < -0.4 is 15.4 Å². The highest BCUT2D eigenvalue weighted by atomic mass is 16.5. The van der Waals surface area contributed by atoms with E-state index >= 15 is 0 Å². The van der Waals surface area contributed by atoms with Crippen LogP contribution in [0, 0.1) is 0 Å². The molecule has 21 heavy (non-hydrogen) atoms. The molecule has 118 valence electrons. The number of hydrogen-bond acceptors (Lipinski definition) is 5. The van der Waals surface area contributed by atoms with Crippen molar-refractivity contribution >= 4 is 5.82 Å². The summed E-state index contributed by atoms with van der Waals surface area (Å²) >= 11 is 0. The molecule has 0 radical (unpaired) electrons. The molecule has 5 nitrogen and oxygen atoms in total. The number of pyridine rings is 1. The summed E-state index contributed by atoms with van der Waals surface area (Å²) in [4.78, 5) is 9.44. The molecule has 2 N–H and O–H groups in total. The van der Waals surface area contributed by atoms with E-state index < -0.39 is 0 Å². The second-order valence-electron chi connectivity index (χ2n) is 5.59. The Morgan fingerprint density at radius 2 is 2.05 bits per heavy atom. The minimum Gasteiger partial charge on any atom is -0.495 e. The molecule has 2 heterocycles. The van der Waals surface area contributed by atoms with Gasteiger partial charge in [0.25, 0.3) is 0 Å². The fraction of sp³-hybridized carbons (Fsp3) is 0.688. The van der Waals surface area contributed by atoms with Gasteiger partial charge in [-0.1, -0.05) is 6.42 Å². The Balaban J connectivity index is 1.79. The number of ether oxygens (including phenoxy) is 1. The van der Waals surface area contributed by atoms with Crippen LogP contribution >= 0.6 is 0 Å². The van der Waals surface area contributed by atoms with Gasteiger partial charge in [-0.05, 0) is 51.0 Å². The number of nitrogens with zero attached hydrogens (tertiary/aromatic N) is 3. The lowest BCUT2D eigenvalue weighted by molar-refractivity contribution is 0.286. The molecule has 0 spiro atoms. The average molecular weight is 292 g/mol. The monoisotopic (exact) mass is 292 g/mol. The molecular weight excluding hydrogens is 264 g/mol. The highest BCUT2D eigenvalue weighted by Gasteiger charge is 2.15. The van der Waals surface area contributed by atoms with Crippen molar-refractivity contribution in [1.29, 1.82) is 0 Å². The average Bonchev–Trinajstić information content (AvgIpc) is 2.77. The van der Waals surface area contributed by atoms with Gasteiger partial charge in [-0.2, -0.15) is 0 Å². The smallest absolute Gasteiger partial charge is 0.137 e. The van der Waals surface area contributed by atoms with E-state index in [1.807, 2.05) is 6.07 Å². The second kappa shape index (κ2) is 8.85. The van der Waals surface area contributed by atoms with Crippen molar-refractivity contribution in [1.82, 2.24) is 9.88 Å². The van der Waals surface area contributed by atoms with Gasteiger partial charge >= 0.3 is 0 Å². The molecule has 0 bridgehead atoms. The summed E-state index contributed by atoms with van der Waals surface area (Å²) in [6.07, 6.45) is 6.65. The fourth-order valence-corrected chi connectivity index (χ4v) is 2.76. The number of unbranched alkanes of at least 4 members (excludes halogenated alkanes) is 2. The first kappa shape index (κ1) is 16.0. The zero-order chi connectivity index (χ0) is 14.9. The molecule has 0 unspecified atom stereocenters. The van der Waals surface area contributed by atoms with Crippen LogP contribution in [0.15, 0.2) is 18.3 Å². The van der Waals surface area contributed by atoms with Crippen LogP contribution in [0.1, 0.15) is 25.7 Å². The molecule has 0 aliphatic carbocycles. The van der Waals surface area contributed by atoms with Crippen molar-refractivity contribution < 1.29 is 4.74 Å². The molecule has 1 aliphatic heterocycles. The summed E-state index contributed by atoms with van der Waals surface area (Å²) < 4.78 is 5.16. The maximum absolute atomic E-state index is 5.54. The third-order valence-electron chi connectivity index (χ3n) is 4.05. The van der Waals surface area contributed by atoms with Crippen molar-refractivity contribution in [2.45, 2.75) is 25.7 Å². The Morgan fingerprint density at radius 3 is 2.76 bits per heavy atom. The minimum atomic E-state index is 0.815. The first-order valence-electron chi connectivity index (χ1n) is 8.01. The van der Waals surface area contributed by atoms with Gasteiger partial charge < -0.3 is 20.3 Å². The van der Waals surface area contributed by atoms with Crippen LogP contribution in [-0.4, -0.2) is 56.3 Å². The molecule has 0 atom stereocenters. The molecule has 1 aliphatic rings. The fourth-order valence-electron chi connectivity index (χ4n) is 2.76. The summed E-state index contributed by atoms with van der Waals surface area (Å²) in [6, 6.07) is 4.04. The first-order chi connectivity index (χ1) is 10.3. The standard InChI is InChI=1S/C16H28N4O/c1-21-15-6-7-16(18-14-15)20-11-5-10-19(12-13-20)9-4-2-3-8-17/h6-7,14H,2-5,8-13,17H2,1H3. The number of aromatic nitrogens is 1. The van der Waals surface area contributed by atoms with Crippen molar-refractivity contribution in [2.24, 2.45) is 5.73 Å². The van der Waals surface area contributed by atoms with E-state index in [1.165, 1.54) is 32.4 Å². The number of nitrogens with two attached hydrogens (primary N) is 1. The second-order valence-corrected chi connectivity index (χ2v) is 5.59. The van der Waals surface area contributed by atoms with E-state index in [0.717, 1.165) is 44.2 Å². The third-order valence-corrected chi connectivity index (χ3v) is 4.05. The van der Waals surface area contributed by atoms with Gasteiger partial charge in [0.05, 0.1) is 13.3 Å². The number of anilines is 1. The molecule has 1 aromatic rings. The van der Waals surface area contributed by atoms with Crippen molar-refractivity contribution in [3.8, 4) is 5.75 Å². The summed E-state index contributed by atoms with van der Waals surface area (Å²) in [6.45, 7) is 6.46. The lowest BCUT2D eigenvalue weighted by atomic mass is 10.2. The van der Waals surface area contributed by atoms with Gasteiger partial charge in [-0.25, -0.2) is 4.98 Å². The van der Waals surface area contributed by atoms with Gasteiger partial charge in [0.1, 0.15) is 11.6 Å². The van der Waals surface area contributed by atoms with E-state index in [0.29, 0.717) is 0 Å². The van der Waals surface area contributed by atoms with Crippen LogP contribution in [0.4, 0.5) is 5.82 Å².